The van der Waals surface area contributed by atoms with Gasteiger partial charge < -0.3 is 10.1 Å². The number of carbonyl (C=O) groups is 3. The standard InChI is InChI=1S/C27H30N2O4S2/c1-2-33-27(32)19-12-14-21(15-13-19)29(24(30)18-22-10-6-16-34-22)25(23-11-7-17-35-23)26(31)28-20-8-4-3-5-9-20/h6-7,10-17,20,25H,2-5,8-9,18H2,1H3,(H,28,31). The number of carbonyl (C=O) groups excluding carboxylic acids is 3. The lowest BCUT2D eigenvalue weighted by molar-refractivity contribution is -0.127. The first kappa shape index (κ1) is 25.1. The van der Waals surface area contributed by atoms with Crippen LogP contribution in [0, 0.1) is 0 Å². The highest BCUT2D eigenvalue weighted by Gasteiger charge is 2.35. The van der Waals surface area contributed by atoms with Gasteiger partial charge in [-0.25, -0.2) is 4.79 Å². The summed E-state index contributed by atoms with van der Waals surface area (Å²) in [7, 11) is 0. The number of thiophene rings is 2. The number of benzene rings is 1. The highest BCUT2D eigenvalue weighted by atomic mass is 32.1. The number of esters is 1. The van der Waals surface area contributed by atoms with Crippen LogP contribution in [0.15, 0.2) is 59.3 Å². The Morgan fingerprint density at radius 1 is 1.00 bits per heavy atom. The van der Waals surface area contributed by atoms with Crippen LogP contribution >= 0.6 is 22.7 Å². The molecule has 2 aromatic heterocycles. The Labute approximate surface area is 213 Å². The fourth-order valence-electron chi connectivity index (χ4n) is 4.40. The van der Waals surface area contributed by atoms with Crippen LogP contribution in [0.1, 0.15) is 65.2 Å². The van der Waals surface area contributed by atoms with Gasteiger partial charge in [-0.3, -0.25) is 14.5 Å². The van der Waals surface area contributed by atoms with Gasteiger partial charge in [0.2, 0.25) is 11.8 Å². The number of hydrogen-bond donors (Lipinski definition) is 1. The lowest BCUT2D eigenvalue weighted by atomic mass is 9.95. The van der Waals surface area contributed by atoms with Crippen molar-refractivity contribution >= 4 is 46.1 Å². The molecule has 1 aliphatic carbocycles. The van der Waals surface area contributed by atoms with Gasteiger partial charge in [-0.05, 0) is 66.9 Å². The van der Waals surface area contributed by atoms with E-state index in [-0.39, 0.29) is 30.9 Å². The number of ether oxygens (including phenoxy) is 1. The Morgan fingerprint density at radius 3 is 2.34 bits per heavy atom. The van der Waals surface area contributed by atoms with Crippen molar-refractivity contribution in [2.75, 3.05) is 11.5 Å². The molecule has 0 spiro atoms. The summed E-state index contributed by atoms with van der Waals surface area (Å²) >= 11 is 2.97. The molecule has 4 rings (SSSR count). The summed E-state index contributed by atoms with van der Waals surface area (Å²) in [6, 6.07) is 13.7. The molecule has 0 aliphatic heterocycles. The Kier molecular flexibility index (Phi) is 8.71. The minimum atomic E-state index is -0.794. The van der Waals surface area contributed by atoms with Crippen LogP contribution in [0.5, 0.6) is 0 Å². The van der Waals surface area contributed by atoms with Crippen molar-refractivity contribution in [2.45, 2.75) is 57.5 Å². The molecule has 35 heavy (non-hydrogen) atoms. The molecule has 2 heterocycles. The molecule has 8 heteroatoms. The first-order valence-corrected chi connectivity index (χ1v) is 13.8. The van der Waals surface area contributed by atoms with Gasteiger partial charge in [-0.2, -0.15) is 0 Å². The monoisotopic (exact) mass is 510 g/mol. The van der Waals surface area contributed by atoms with E-state index in [2.05, 4.69) is 5.32 Å². The summed E-state index contributed by atoms with van der Waals surface area (Å²) in [6.45, 7) is 2.04. The van der Waals surface area contributed by atoms with Gasteiger partial charge >= 0.3 is 5.97 Å². The van der Waals surface area contributed by atoms with E-state index in [1.807, 2.05) is 35.0 Å². The van der Waals surface area contributed by atoms with Crippen LogP contribution < -0.4 is 10.2 Å². The minimum absolute atomic E-state index is 0.124. The molecule has 1 fully saturated rings. The van der Waals surface area contributed by atoms with Gasteiger partial charge in [0.05, 0.1) is 18.6 Å². The Hall–Kier alpha value is -2.97. The molecule has 1 unspecified atom stereocenters. The molecule has 3 aromatic rings. The zero-order chi connectivity index (χ0) is 24.6. The second-order valence-corrected chi connectivity index (χ2v) is 10.6. The lowest BCUT2D eigenvalue weighted by Gasteiger charge is -2.33. The van der Waals surface area contributed by atoms with Gasteiger partial charge in [-0.1, -0.05) is 31.4 Å². The molecule has 1 aliphatic rings. The Bertz CT molecular complexity index is 1100. The second kappa shape index (κ2) is 12.1. The van der Waals surface area contributed by atoms with Crippen LogP contribution in [0.3, 0.4) is 0 Å². The largest absolute Gasteiger partial charge is 0.462 e. The van der Waals surface area contributed by atoms with E-state index in [0.717, 1.165) is 35.4 Å². The molecule has 0 radical (unpaired) electrons. The van der Waals surface area contributed by atoms with Crippen molar-refractivity contribution < 1.29 is 19.1 Å². The fourth-order valence-corrected chi connectivity index (χ4v) is 5.91. The first-order chi connectivity index (χ1) is 17.1. The summed E-state index contributed by atoms with van der Waals surface area (Å²) in [5.74, 6) is -0.762. The van der Waals surface area contributed by atoms with Crippen molar-refractivity contribution in [2.24, 2.45) is 0 Å². The number of anilines is 1. The molecular formula is C27H30N2O4S2. The highest BCUT2D eigenvalue weighted by Crippen LogP contribution is 2.32. The van der Waals surface area contributed by atoms with E-state index in [0.29, 0.717) is 11.3 Å². The predicted octanol–water partition coefficient (Wildman–Crippen LogP) is 5.75. The van der Waals surface area contributed by atoms with Crippen LogP contribution in [-0.4, -0.2) is 30.4 Å². The maximum Gasteiger partial charge on any atom is 0.338 e. The SMILES string of the molecule is CCOC(=O)c1ccc(N(C(=O)Cc2cccs2)C(C(=O)NC2CCCCC2)c2cccs2)cc1. The quantitative estimate of drug-likeness (QED) is 0.372. The summed E-state index contributed by atoms with van der Waals surface area (Å²) < 4.78 is 5.09. The zero-order valence-corrected chi connectivity index (χ0v) is 21.4. The number of rotatable bonds is 9. The van der Waals surface area contributed by atoms with E-state index in [1.165, 1.54) is 29.1 Å². The topological polar surface area (TPSA) is 75.7 Å². The predicted molar refractivity (Wildman–Crippen MR) is 140 cm³/mol. The van der Waals surface area contributed by atoms with Gasteiger partial charge in [0.25, 0.3) is 0 Å². The van der Waals surface area contributed by atoms with E-state index in [4.69, 9.17) is 4.74 Å². The average Bonchev–Trinajstić information content (AvgIpc) is 3.58. The molecule has 1 saturated carbocycles. The molecule has 2 amide bonds. The molecule has 1 atom stereocenters. The van der Waals surface area contributed by atoms with Gasteiger partial charge in [-0.15, -0.1) is 22.7 Å². The van der Waals surface area contributed by atoms with E-state index < -0.39 is 12.0 Å². The molecule has 0 bridgehead atoms. The second-order valence-electron chi connectivity index (χ2n) is 8.55. The van der Waals surface area contributed by atoms with Gasteiger partial charge in [0, 0.05) is 21.5 Å². The smallest absolute Gasteiger partial charge is 0.338 e. The molecule has 1 aromatic carbocycles. The van der Waals surface area contributed by atoms with Crippen LogP contribution in [0.4, 0.5) is 5.69 Å². The number of nitrogens with zero attached hydrogens (tertiary/aromatic N) is 1. The van der Waals surface area contributed by atoms with E-state index in [1.54, 1.807) is 36.1 Å². The van der Waals surface area contributed by atoms with Crippen molar-refractivity contribution in [1.29, 1.82) is 0 Å². The van der Waals surface area contributed by atoms with E-state index in [9.17, 15) is 14.4 Å². The van der Waals surface area contributed by atoms with Crippen LogP contribution in [0.2, 0.25) is 0 Å². The molecular weight excluding hydrogens is 480 g/mol. The average molecular weight is 511 g/mol. The van der Waals surface area contributed by atoms with Crippen LogP contribution in [0.25, 0.3) is 0 Å². The normalized spacial score (nSPS) is 14.8. The third-order valence-electron chi connectivity index (χ3n) is 6.10. The van der Waals surface area contributed by atoms with Crippen molar-refractivity contribution in [1.82, 2.24) is 5.32 Å². The third kappa shape index (κ3) is 6.38. The third-order valence-corrected chi connectivity index (χ3v) is 7.90. The number of amides is 2. The summed E-state index contributed by atoms with van der Waals surface area (Å²) in [4.78, 5) is 42.9. The number of nitrogens with one attached hydrogen (secondary N) is 1. The highest BCUT2D eigenvalue weighted by molar-refractivity contribution is 7.10. The van der Waals surface area contributed by atoms with Gasteiger partial charge in [0.1, 0.15) is 6.04 Å². The summed E-state index contributed by atoms with van der Waals surface area (Å²) in [5.41, 5.74) is 0.970. The molecule has 184 valence electrons. The molecule has 6 nitrogen and oxygen atoms in total. The summed E-state index contributed by atoms with van der Waals surface area (Å²) in [5, 5.41) is 7.08. The number of hydrogen-bond acceptors (Lipinski definition) is 6. The maximum atomic E-state index is 13.7. The van der Waals surface area contributed by atoms with E-state index >= 15 is 0 Å². The molecule has 0 saturated heterocycles. The maximum absolute atomic E-state index is 13.7. The zero-order valence-electron chi connectivity index (χ0n) is 19.8. The first-order valence-electron chi connectivity index (χ1n) is 12.0. The van der Waals surface area contributed by atoms with Crippen molar-refractivity contribution in [3.05, 3.63) is 74.6 Å². The fraction of sp³-hybridized carbons (Fsp3) is 0.370. The lowest BCUT2D eigenvalue weighted by Crippen LogP contribution is -2.47. The van der Waals surface area contributed by atoms with Gasteiger partial charge in [0.15, 0.2) is 0 Å². The summed E-state index contributed by atoms with van der Waals surface area (Å²) in [6.07, 6.45) is 5.51. The Balaban J connectivity index is 1.69. The van der Waals surface area contributed by atoms with Crippen LogP contribution in [-0.2, 0) is 20.7 Å². The van der Waals surface area contributed by atoms with Crippen molar-refractivity contribution in [3.63, 3.8) is 0 Å². The molecule has 1 N–H and O–H groups in total. The Morgan fingerprint density at radius 2 is 1.71 bits per heavy atom. The van der Waals surface area contributed by atoms with Crippen molar-refractivity contribution in [3.8, 4) is 0 Å². The minimum Gasteiger partial charge on any atom is -0.462 e.